The van der Waals surface area contributed by atoms with Gasteiger partial charge >= 0.3 is 0 Å². The minimum atomic E-state index is 0.347. The van der Waals surface area contributed by atoms with Crippen LogP contribution in [0.15, 0.2) is 18.2 Å². The van der Waals surface area contributed by atoms with E-state index in [0.717, 1.165) is 6.54 Å². The van der Waals surface area contributed by atoms with E-state index in [9.17, 15) is 0 Å². The Hall–Kier alpha value is -0.860. The van der Waals surface area contributed by atoms with Gasteiger partial charge in [-0.05, 0) is 56.0 Å². The third-order valence-corrected chi connectivity index (χ3v) is 3.76. The first-order chi connectivity index (χ1) is 8.01. The summed E-state index contributed by atoms with van der Waals surface area (Å²) in [4.78, 5) is 0. The van der Waals surface area contributed by atoms with E-state index < -0.39 is 0 Å². The Morgan fingerprint density at radius 3 is 2.24 bits per heavy atom. The van der Waals surface area contributed by atoms with Gasteiger partial charge in [0.1, 0.15) is 0 Å². The molecular weight excluding hydrogens is 208 g/mol. The van der Waals surface area contributed by atoms with E-state index in [1.165, 1.54) is 16.7 Å². The van der Waals surface area contributed by atoms with Crippen molar-refractivity contribution in [3.05, 3.63) is 34.9 Å². The monoisotopic (exact) mass is 234 g/mol. The van der Waals surface area contributed by atoms with E-state index in [-0.39, 0.29) is 0 Å². The Kier molecular flexibility index (Phi) is 5.16. The second kappa shape index (κ2) is 6.18. The van der Waals surface area contributed by atoms with Crippen molar-refractivity contribution < 1.29 is 0 Å². The predicted octanol–water partition coefficient (Wildman–Crippen LogP) is 2.79. The van der Waals surface area contributed by atoms with Gasteiger partial charge in [-0.2, -0.15) is 0 Å². The standard InChI is InChI=1S/C15H26N2/c1-10(2)14(9-16)15(17-5)13-7-6-11(3)12(4)8-13/h6-8,10,14-15,17H,9,16H2,1-5H3. The number of nitrogens with two attached hydrogens (primary N) is 1. The molecule has 0 aliphatic rings. The van der Waals surface area contributed by atoms with Crippen LogP contribution in [-0.2, 0) is 0 Å². The summed E-state index contributed by atoms with van der Waals surface area (Å²) in [7, 11) is 2.02. The summed E-state index contributed by atoms with van der Waals surface area (Å²) in [5.74, 6) is 1.06. The van der Waals surface area contributed by atoms with E-state index in [1.807, 2.05) is 7.05 Å². The fourth-order valence-electron chi connectivity index (χ4n) is 2.38. The Labute approximate surface area is 106 Å². The molecule has 0 saturated carbocycles. The molecule has 0 fully saturated rings. The molecular formula is C15H26N2. The molecule has 3 N–H and O–H groups in total. The second-order valence-corrected chi connectivity index (χ2v) is 5.25. The van der Waals surface area contributed by atoms with Crippen LogP contribution < -0.4 is 11.1 Å². The SMILES string of the molecule is CNC(c1ccc(C)c(C)c1)C(CN)C(C)C. The van der Waals surface area contributed by atoms with Crippen LogP contribution in [0.5, 0.6) is 0 Å². The molecule has 0 saturated heterocycles. The van der Waals surface area contributed by atoms with Crippen molar-refractivity contribution in [1.82, 2.24) is 5.32 Å². The van der Waals surface area contributed by atoms with Crippen molar-refractivity contribution in [2.75, 3.05) is 13.6 Å². The van der Waals surface area contributed by atoms with Crippen molar-refractivity contribution in [3.8, 4) is 0 Å². The number of aryl methyl sites for hydroxylation is 2. The molecule has 0 aliphatic heterocycles. The van der Waals surface area contributed by atoms with E-state index in [4.69, 9.17) is 5.73 Å². The molecule has 0 amide bonds. The first-order valence-corrected chi connectivity index (χ1v) is 6.45. The van der Waals surface area contributed by atoms with Gasteiger partial charge in [-0.1, -0.05) is 32.0 Å². The molecule has 0 spiro atoms. The molecule has 0 aliphatic carbocycles. The second-order valence-electron chi connectivity index (χ2n) is 5.25. The maximum Gasteiger partial charge on any atom is 0.0360 e. The molecule has 1 rings (SSSR count). The van der Waals surface area contributed by atoms with Crippen molar-refractivity contribution >= 4 is 0 Å². The summed E-state index contributed by atoms with van der Waals surface area (Å²) in [5, 5.41) is 3.42. The quantitative estimate of drug-likeness (QED) is 0.822. The predicted molar refractivity (Wildman–Crippen MR) is 75.1 cm³/mol. The maximum absolute atomic E-state index is 5.92. The first kappa shape index (κ1) is 14.2. The highest BCUT2D eigenvalue weighted by molar-refractivity contribution is 5.32. The molecule has 2 atom stereocenters. The van der Waals surface area contributed by atoms with Gasteiger partial charge < -0.3 is 11.1 Å². The fourth-order valence-corrected chi connectivity index (χ4v) is 2.38. The molecule has 0 aromatic heterocycles. The van der Waals surface area contributed by atoms with Gasteiger partial charge in [-0.3, -0.25) is 0 Å². The molecule has 0 heterocycles. The van der Waals surface area contributed by atoms with Crippen LogP contribution >= 0.6 is 0 Å². The van der Waals surface area contributed by atoms with Crippen LogP contribution in [0, 0.1) is 25.7 Å². The lowest BCUT2D eigenvalue weighted by molar-refractivity contribution is 0.299. The largest absolute Gasteiger partial charge is 0.330 e. The summed E-state index contributed by atoms with van der Waals surface area (Å²) >= 11 is 0. The first-order valence-electron chi connectivity index (χ1n) is 6.45. The Morgan fingerprint density at radius 1 is 1.18 bits per heavy atom. The van der Waals surface area contributed by atoms with Crippen LogP contribution in [0.3, 0.4) is 0 Å². The molecule has 0 bridgehead atoms. The lowest BCUT2D eigenvalue weighted by Gasteiger charge is -2.29. The van der Waals surface area contributed by atoms with Gasteiger partial charge in [-0.15, -0.1) is 0 Å². The molecule has 96 valence electrons. The highest BCUT2D eigenvalue weighted by atomic mass is 14.9. The summed E-state index contributed by atoms with van der Waals surface area (Å²) in [6.45, 7) is 9.51. The van der Waals surface area contributed by atoms with Crippen LogP contribution in [0.4, 0.5) is 0 Å². The van der Waals surface area contributed by atoms with Crippen LogP contribution in [0.2, 0.25) is 0 Å². The van der Waals surface area contributed by atoms with E-state index >= 15 is 0 Å². The van der Waals surface area contributed by atoms with Crippen LogP contribution in [0.1, 0.15) is 36.6 Å². The van der Waals surface area contributed by atoms with Crippen LogP contribution in [0.25, 0.3) is 0 Å². The maximum atomic E-state index is 5.92. The zero-order chi connectivity index (χ0) is 13.0. The summed E-state index contributed by atoms with van der Waals surface area (Å²) in [5.41, 5.74) is 9.96. The number of rotatable bonds is 5. The highest BCUT2D eigenvalue weighted by Gasteiger charge is 2.23. The minimum Gasteiger partial charge on any atom is -0.330 e. The summed E-state index contributed by atoms with van der Waals surface area (Å²) < 4.78 is 0. The average molecular weight is 234 g/mol. The molecule has 2 heteroatoms. The molecule has 0 radical (unpaired) electrons. The Bertz CT molecular complexity index is 358. The van der Waals surface area contributed by atoms with Crippen LogP contribution in [-0.4, -0.2) is 13.6 Å². The average Bonchev–Trinajstić information content (AvgIpc) is 2.29. The number of hydrogen-bond acceptors (Lipinski definition) is 2. The van der Waals surface area contributed by atoms with Gasteiger partial charge in [0, 0.05) is 6.04 Å². The van der Waals surface area contributed by atoms with Gasteiger partial charge in [-0.25, -0.2) is 0 Å². The normalized spacial score (nSPS) is 15.0. The van der Waals surface area contributed by atoms with Crippen molar-refractivity contribution in [2.24, 2.45) is 17.6 Å². The third kappa shape index (κ3) is 3.30. The lowest BCUT2D eigenvalue weighted by atomic mass is 9.84. The number of hydrogen-bond donors (Lipinski definition) is 2. The van der Waals surface area contributed by atoms with Crippen molar-refractivity contribution in [2.45, 2.75) is 33.7 Å². The smallest absolute Gasteiger partial charge is 0.0360 e. The molecule has 2 nitrogen and oxygen atoms in total. The molecule has 1 aromatic rings. The summed E-state index contributed by atoms with van der Waals surface area (Å²) in [6, 6.07) is 7.04. The van der Waals surface area contributed by atoms with Crippen molar-refractivity contribution in [3.63, 3.8) is 0 Å². The van der Waals surface area contributed by atoms with Gasteiger partial charge in [0.25, 0.3) is 0 Å². The molecule has 2 unspecified atom stereocenters. The van der Waals surface area contributed by atoms with E-state index in [0.29, 0.717) is 17.9 Å². The topological polar surface area (TPSA) is 38.0 Å². The van der Waals surface area contributed by atoms with E-state index in [2.05, 4.69) is 51.2 Å². The van der Waals surface area contributed by atoms with E-state index in [1.54, 1.807) is 0 Å². The Balaban J connectivity index is 3.03. The molecule has 1 aromatic carbocycles. The number of benzene rings is 1. The summed E-state index contributed by atoms with van der Waals surface area (Å²) in [6.07, 6.45) is 0. The number of nitrogens with one attached hydrogen (secondary N) is 1. The third-order valence-electron chi connectivity index (χ3n) is 3.76. The van der Waals surface area contributed by atoms with Gasteiger partial charge in [0.2, 0.25) is 0 Å². The zero-order valence-corrected chi connectivity index (χ0v) is 11.7. The zero-order valence-electron chi connectivity index (χ0n) is 11.7. The minimum absolute atomic E-state index is 0.347. The van der Waals surface area contributed by atoms with Gasteiger partial charge in [0.15, 0.2) is 0 Å². The lowest BCUT2D eigenvalue weighted by Crippen LogP contribution is -2.34. The fraction of sp³-hybridized carbons (Fsp3) is 0.600. The molecule has 17 heavy (non-hydrogen) atoms. The highest BCUT2D eigenvalue weighted by Crippen LogP contribution is 2.28. The Morgan fingerprint density at radius 2 is 1.82 bits per heavy atom. The van der Waals surface area contributed by atoms with Gasteiger partial charge in [0.05, 0.1) is 0 Å². The van der Waals surface area contributed by atoms with Crippen molar-refractivity contribution in [1.29, 1.82) is 0 Å².